The van der Waals surface area contributed by atoms with Crippen LogP contribution >= 0.6 is 0 Å². The second-order valence-electron chi connectivity index (χ2n) is 12.8. The third kappa shape index (κ3) is 8.17. The molecule has 2 aliphatic rings. The summed E-state index contributed by atoms with van der Waals surface area (Å²) < 4.78 is 73.9. The fourth-order valence-corrected chi connectivity index (χ4v) is 6.58. The molecule has 0 spiro atoms. The molecule has 0 aliphatic carbocycles. The zero-order valence-corrected chi connectivity index (χ0v) is 29.0. The number of hydroxylamine groups is 2. The van der Waals surface area contributed by atoms with E-state index in [1.807, 2.05) is 0 Å². The van der Waals surface area contributed by atoms with Crippen LogP contribution in [0.2, 0.25) is 0 Å². The Morgan fingerprint density at radius 1 is 0.981 bits per heavy atom. The van der Waals surface area contributed by atoms with Crippen LogP contribution in [0.25, 0.3) is 16.9 Å². The van der Waals surface area contributed by atoms with Crippen LogP contribution in [0, 0.1) is 36.1 Å². The van der Waals surface area contributed by atoms with E-state index in [1.54, 1.807) is 25.2 Å². The van der Waals surface area contributed by atoms with Crippen molar-refractivity contribution in [3.05, 3.63) is 94.3 Å². The second kappa shape index (κ2) is 16.3. The largest absolute Gasteiger partial charge is 0.480 e. The number of benzene rings is 2. The number of carbonyl (C=O) groups is 2. The highest BCUT2D eigenvalue weighted by Crippen LogP contribution is 2.38. The molecule has 1 N–H and O–H groups in total. The minimum absolute atomic E-state index is 0.00844. The molecular weight excluding hydrogens is 686 g/mol. The van der Waals surface area contributed by atoms with Gasteiger partial charge in [0.2, 0.25) is 5.88 Å². The predicted molar refractivity (Wildman–Crippen MR) is 180 cm³/mol. The highest BCUT2D eigenvalue weighted by Gasteiger charge is 2.37. The van der Waals surface area contributed by atoms with Crippen molar-refractivity contribution in [2.45, 2.75) is 44.8 Å². The molecule has 1 amide bonds. The molecule has 15 heteroatoms. The van der Waals surface area contributed by atoms with Crippen LogP contribution in [0.1, 0.15) is 52.5 Å². The van der Waals surface area contributed by atoms with Gasteiger partial charge in [-0.05, 0) is 61.2 Å². The first-order chi connectivity index (χ1) is 25.1. The van der Waals surface area contributed by atoms with Crippen molar-refractivity contribution >= 4 is 11.7 Å². The zero-order chi connectivity index (χ0) is 36.9. The molecule has 0 unspecified atom stereocenters. The van der Waals surface area contributed by atoms with Crippen molar-refractivity contribution in [1.82, 2.24) is 25.1 Å². The Bertz CT molecular complexity index is 1930. The monoisotopic (exact) mass is 725 g/mol. The van der Waals surface area contributed by atoms with Crippen molar-refractivity contribution < 1.29 is 46.2 Å². The number of rotatable bonds is 13. The first kappa shape index (κ1) is 37.1. The number of ether oxygens (including phenoxy) is 3. The normalized spacial score (nSPS) is 18.1. The summed E-state index contributed by atoms with van der Waals surface area (Å²) in [6.45, 7) is 3.86. The molecule has 0 bridgehead atoms. The minimum Gasteiger partial charge on any atom is -0.480 e. The number of methoxy groups -OCH3 is 2. The number of hydrogen-bond donors (Lipinski definition) is 1. The lowest BCUT2D eigenvalue weighted by atomic mass is 9.90. The molecule has 2 saturated heterocycles. The number of nitrogens with zero attached hydrogens (tertiary/aromatic N) is 4. The summed E-state index contributed by atoms with van der Waals surface area (Å²) >= 11 is 0. The summed E-state index contributed by atoms with van der Waals surface area (Å²) in [6, 6.07) is 8.31. The molecule has 6 rings (SSSR count). The van der Waals surface area contributed by atoms with Gasteiger partial charge in [-0.1, -0.05) is 6.07 Å². The Kier molecular flexibility index (Phi) is 11.6. The number of halogens is 4. The van der Waals surface area contributed by atoms with Gasteiger partial charge < -0.3 is 19.5 Å². The van der Waals surface area contributed by atoms with Crippen LogP contribution in [-0.2, 0) is 25.5 Å². The summed E-state index contributed by atoms with van der Waals surface area (Å²) in [5, 5.41) is 9.37. The van der Waals surface area contributed by atoms with Crippen molar-refractivity contribution in [2.75, 3.05) is 47.1 Å². The molecule has 2 fully saturated rings. The highest BCUT2D eigenvalue weighted by atomic mass is 19.2. The summed E-state index contributed by atoms with van der Waals surface area (Å²) in [5.74, 6) is -5.13. The minimum atomic E-state index is -1.10. The molecule has 2 aromatic heterocycles. The number of hydrogen-bond acceptors (Lipinski definition) is 9. The van der Waals surface area contributed by atoms with Crippen LogP contribution in [0.3, 0.4) is 0 Å². The van der Waals surface area contributed by atoms with Crippen LogP contribution in [-0.4, -0.2) is 84.7 Å². The van der Waals surface area contributed by atoms with Gasteiger partial charge in [-0.3, -0.25) is 14.4 Å². The van der Waals surface area contributed by atoms with Crippen molar-refractivity contribution in [1.29, 1.82) is 0 Å². The number of pyridine rings is 1. The van der Waals surface area contributed by atoms with E-state index in [4.69, 9.17) is 24.1 Å². The third-order valence-electron chi connectivity index (χ3n) is 9.31. The average Bonchev–Trinajstić information content (AvgIpc) is 3.69. The fourth-order valence-electron chi connectivity index (χ4n) is 6.58. The standard InChI is InChI=1S/C37H39F4N5O6/c1-21-33(18-27(47)14-24-20-45(10-13-49-2)52-35(24)22-4-6-29(38)31(40)16-22)46(26-5-7-30(39)32(41)17-26)44-34(21)23-15-28(37(50-3)42-19-23)36(48)43-25-8-11-51-12-9-25/h4-7,15-17,19,24-25,35H,8-14,18,20H2,1-3H3,(H,43,48)/t24-,35+/m1/s1. The number of amides is 1. The molecule has 2 atom stereocenters. The molecule has 11 nitrogen and oxygen atoms in total. The first-order valence-corrected chi connectivity index (χ1v) is 16.9. The van der Waals surface area contributed by atoms with Gasteiger partial charge >= 0.3 is 0 Å². The third-order valence-corrected chi connectivity index (χ3v) is 9.31. The lowest BCUT2D eigenvalue weighted by Gasteiger charge is -2.23. The molecule has 2 aliphatic heterocycles. The van der Waals surface area contributed by atoms with Crippen LogP contribution in [0.15, 0.2) is 48.7 Å². The van der Waals surface area contributed by atoms with Gasteiger partial charge in [0.25, 0.3) is 5.91 Å². The SMILES string of the molecule is COCCN1C[C@@H](CC(=O)Cc2c(C)c(-c3cnc(OC)c(C(=O)NC4CCOCC4)c3)nn2-c2ccc(F)c(F)c2)[C@H](c2ccc(F)c(F)c2)O1. The van der Waals surface area contributed by atoms with Gasteiger partial charge in [0.1, 0.15) is 17.5 Å². The molecular formula is C37H39F4N5O6. The molecule has 276 valence electrons. The molecule has 4 heterocycles. The average molecular weight is 726 g/mol. The van der Waals surface area contributed by atoms with E-state index in [2.05, 4.69) is 10.3 Å². The van der Waals surface area contributed by atoms with E-state index < -0.39 is 35.3 Å². The maximum absolute atomic E-state index is 14.5. The molecule has 0 radical (unpaired) electrons. The summed E-state index contributed by atoms with van der Waals surface area (Å²) in [6.07, 6.45) is 1.90. The number of ketones is 1. The van der Waals surface area contributed by atoms with Gasteiger partial charge in [0, 0.05) is 76.0 Å². The lowest BCUT2D eigenvalue weighted by Crippen LogP contribution is -2.39. The lowest BCUT2D eigenvalue weighted by molar-refractivity contribution is -0.155. The van der Waals surface area contributed by atoms with E-state index in [1.165, 1.54) is 30.1 Å². The molecule has 2 aromatic carbocycles. The van der Waals surface area contributed by atoms with Crippen molar-refractivity contribution in [3.63, 3.8) is 0 Å². The highest BCUT2D eigenvalue weighted by molar-refractivity contribution is 5.97. The van der Waals surface area contributed by atoms with Crippen molar-refractivity contribution in [3.8, 4) is 22.8 Å². The topological polar surface area (TPSA) is 117 Å². The fraction of sp³-hybridized carbons (Fsp3) is 0.405. The Morgan fingerprint density at radius 2 is 1.71 bits per heavy atom. The van der Waals surface area contributed by atoms with E-state index in [9.17, 15) is 27.2 Å². The Hall–Kier alpha value is -4.70. The van der Waals surface area contributed by atoms with Crippen molar-refractivity contribution in [2.24, 2.45) is 5.92 Å². The van der Waals surface area contributed by atoms with Gasteiger partial charge in [-0.2, -0.15) is 10.2 Å². The summed E-state index contributed by atoms with van der Waals surface area (Å²) in [4.78, 5) is 37.7. The van der Waals surface area contributed by atoms with Crippen LogP contribution < -0.4 is 10.1 Å². The molecule has 4 aromatic rings. The van der Waals surface area contributed by atoms with E-state index in [0.717, 1.165) is 24.3 Å². The number of carbonyl (C=O) groups excluding carboxylic acids is 2. The Morgan fingerprint density at radius 3 is 2.40 bits per heavy atom. The quantitative estimate of drug-likeness (QED) is 0.179. The maximum atomic E-state index is 14.5. The first-order valence-electron chi connectivity index (χ1n) is 16.9. The van der Waals surface area contributed by atoms with Gasteiger partial charge in [-0.15, -0.1) is 0 Å². The van der Waals surface area contributed by atoms with Gasteiger partial charge in [-0.25, -0.2) is 27.2 Å². The van der Waals surface area contributed by atoms with E-state index in [0.29, 0.717) is 73.8 Å². The molecule has 0 saturated carbocycles. The smallest absolute Gasteiger partial charge is 0.257 e. The Balaban J connectivity index is 1.32. The maximum Gasteiger partial charge on any atom is 0.257 e. The number of aromatic nitrogens is 3. The van der Waals surface area contributed by atoms with Gasteiger partial charge in [0.05, 0.1) is 30.8 Å². The van der Waals surface area contributed by atoms with Crippen LogP contribution in [0.5, 0.6) is 5.88 Å². The zero-order valence-electron chi connectivity index (χ0n) is 29.0. The Labute approximate surface area is 297 Å². The number of nitrogens with one attached hydrogen (secondary N) is 1. The van der Waals surface area contributed by atoms with E-state index >= 15 is 0 Å². The van der Waals surface area contributed by atoms with Gasteiger partial charge in [0.15, 0.2) is 23.3 Å². The predicted octanol–water partition coefficient (Wildman–Crippen LogP) is 5.47. The second-order valence-corrected chi connectivity index (χ2v) is 12.8. The number of Topliss-reactive ketones (excluding diaryl/α,β-unsaturated/α-hetero) is 1. The van der Waals surface area contributed by atoms with E-state index in [-0.39, 0.29) is 47.7 Å². The van der Waals surface area contributed by atoms with Crippen LogP contribution in [0.4, 0.5) is 17.6 Å². The summed E-state index contributed by atoms with van der Waals surface area (Å²) in [5.41, 5.74) is 2.46. The molecule has 52 heavy (non-hydrogen) atoms. The summed E-state index contributed by atoms with van der Waals surface area (Å²) in [7, 11) is 2.95.